The number of amides is 1. The summed E-state index contributed by atoms with van der Waals surface area (Å²) in [7, 11) is 0. The van der Waals surface area contributed by atoms with Crippen molar-refractivity contribution in [3.63, 3.8) is 0 Å². The number of hydrogen-bond acceptors (Lipinski definition) is 5. The molecule has 0 saturated heterocycles. The summed E-state index contributed by atoms with van der Waals surface area (Å²) in [6, 6.07) is 8.01. The smallest absolute Gasteiger partial charge is 0.404 e. The van der Waals surface area contributed by atoms with Gasteiger partial charge in [0, 0.05) is 12.2 Å². The lowest BCUT2D eigenvalue weighted by atomic mass is 9.94. The molecule has 4 rings (SSSR count). The van der Waals surface area contributed by atoms with Gasteiger partial charge in [0.25, 0.3) is 5.91 Å². The van der Waals surface area contributed by atoms with E-state index in [1.165, 1.54) is 24.3 Å². The fraction of sp³-hybridized carbons (Fsp3) is 0.269. The molecule has 200 valence electrons. The van der Waals surface area contributed by atoms with Gasteiger partial charge in [-0.1, -0.05) is 54.2 Å². The van der Waals surface area contributed by atoms with Gasteiger partial charge in [0.2, 0.25) is 0 Å². The lowest BCUT2D eigenvalue weighted by Crippen LogP contribution is -2.37. The lowest BCUT2D eigenvalue weighted by molar-refractivity contribution is -0.0571. The van der Waals surface area contributed by atoms with Gasteiger partial charge in [-0.3, -0.25) is 4.79 Å². The number of carbonyl (C=O) groups is 1. The lowest BCUT2D eigenvalue weighted by Gasteiger charge is -2.23. The molecule has 0 spiro atoms. The van der Waals surface area contributed by atoms with Crippen molar-refractivity contribution in [3.05, 3.63) is 76.6 Å². The second-order valence-corrected chi connectivity index (χ2v) is 9.04. The SMILES string of the molecule is NC=C(C(=Nc1ccccc1F)C(F)(F)F)c1onc(-c2c(F)cccc2Cl)c1C(=O)NC1CCCCC1. The summed E-state index contributed by atoms with van der Waals surface area (Å²) in [6.07, 6.45) is -0.619. The zero-order chi connectivity index (χ0) is 27.4. The van der Waals surface area contributed by atoms with Gasteiger partial charge in [-0.05, 0) is 37.1 Å². The van der Waals surface area contributed by atoms with Gasteiger partial charge in [-0.15, -0.1) is 0 Å². The molecule has 1 fully saturated rings. The van der Waals surface area contributed by atoms with Crippen LogP contribution in [0.4, 0.5) is 27.6 Å². The van der Waals surface area contributed by atoms with E-state index in [0.717, 1.165) is 37.5 Å². The Morgan fingerprint density at radius 1 is 1.08 bits per heavy atom. The van der Waals surface area contributed by atoms with Gasteiger partial charge in [0.15, 0.2) is 11.5 Å². The minimum absolute atomic E-state index is 0.147. The van der Waals surface area contributed by atoms with Crippen LogP contribution in [0, 0.1) is 11.6 Å². The molecule has 0 radical (unpaired) electrons. The summed E-state index contributed by atoms with van der Waals surface area (Å²) < 4.78 is 76.9. The molecule has 1 amide bonds. The highest BCUT2D eigenvalue weighted by atomic mass is 35.5. The highest BCUT2D eigenvalue weighted by molar-refractivity contribution is 6.34. The van der Waals surface area contributed by atoms with Gasteiger partial charge in [-0.25, -0.2) is 13.8 Å². The van der Waals surface area contributed by atoms with Crippen molar-refractivity contribution in [1.29, 1.82) is 0 Å². The molecule has 3 aromatic rings. The van der Waals surface area contributed by atoms with Crippen molar-refractivity contribution in [3.8, 4) is 11.3 Å². The number of rotatable bonds is 6. The van der Waals surface area contributed by atoms with Crippen LogP contribution in [0.2, 0.25) is 5.02 Å². The number of nitrogens with two attached hydrogens (primary N) is 1. The first-order chi connectivity index (χ1) is 18.1. The van der Waals surface area contributed by atoms with Gasteiger partial charge in [0.05, 0.1) is 21.8 Å². The van der Waals surface area contributed by atoms with Crippen LogP contribution in [0.3, 0.4) is 0 Å². The molecule has 12 heteroatoms. The Morgan fingerprint density at radius 3 is 2.39 bits per heavy atom. The van der Waals surface area contributed by atoms with Crippen LogP contribution in [0.5, 0.6) is 0 Å². The molecule has 1 saturated carbocycles. The number of nitrogens with zero attached hydrogens (tertiary/aromatic N) is 2. The average Bonchev–Trinajstić information content (AvgIpc) is 3.29. The van der Waals surface area contributed by atoms with E-state index in [-0.39, 0.29) is 16.6 Å². The van der Waals surface area contributed by atoms with Gasteiger partial charge in [0.1, 0.15) is 22.9 Å². The van der Waals surface area contributed by atoms with E-state index in [1.807, 2.05) is 0 Å². The number of aliphatic imine (C=N–C) groups is 1. The van der Waals surface area contributed by atoms with Crippen molar-refractivity contribution in [2.75, 3.05) is 0 Å². The summed E-state index contributed by atoms with van der Waals surface area (Å²) in [5, 5.41) is 6.35. The highest BCUT2D eigenvalue weighted by Crippen LogP contribution is 2.38. The Morgan fingerprint density at radius 2 is 1.76 bits per heavy atom. The molecule has 0 aliphatic heterocycles. The van der Waals surface area contributed by atoms with E-state index in [4.69, 9.17) is 21.9 Å². The molecule has 0 bridgehead atoms. The quantitative estimate of drug-likeness (QED) is 0.255. The topological polar surface area (TPSA) is 93.5 Å². The summed E-state index contributed by atoms with van der Waals surface area (Å²) >= 11 is 6.18. The van der Waals surface area contributed by atoms with Crippen LogP contribution >= 0.6 is 11.6 Å². The largest absolute Gasteiger partial charge is 0.434 e. The molecule has 0 atom stereocenters. The third-order valence-electron chi connectivity index (χ3n) is 6.08. The van der Waals surface area contributed by atoms with E-state index in [1.54, 1.807) is 0 Å². The maximum atomic E-state index is 14.8. The fourth-order valence-electron chi connectivity index (χ4n) is 4.29. The first-order valence-electron chi connectivity index (χ1n) is 11.7. The van der Waals surface area contributed by atoms with Crippen LogP contribution in [0.15, 0.2) is 58.2 Å². The third-order valence-corrected chi connectivity index (χ3v) is 6.39. The Balaban J connectivity index is 1.91. The minimum atomic E-state index is -5.16. The Hall–Kier alpha value is -3.73. The van der Waals surface area contributed by atoms with Crippen LogP contribution in [-0.2, 0) is 0 Å². The van der Waals surface area contributed by atoms with Gasteiger partial charge in [-0.2, -0.15) is 13.2 Å². The Kier molecular flexibility index (Phi) is 8.15. The van der Waals surface area contributed by atoms with Crippen molar-refractivity contribution in [1.82, 2.24) is 10.5 Å². The number of hydrogen-bond donors (Lipinski definition) is 2. The van der Waals surface area contributed by atoms with Crippen LogP contribution in [-0.4, -0.2) is 29.0 Å². The third kappa shape index (κ3) is 5.72. The monoisotopic (exact) mass is 552 g/mol. The number of allylic oxidation sites excluding steroid dienone is 1. The molecule has 38 heavy (non-hydrogen) atoms. The molecular weight excluding hydrogens is 531 g/mol. The Bertz CT molecular complexity index is 1370. The minimum Gasteiger partial charge on any atom is -0.404 e. The zero-order valence-electron chi connectivity index (χ0n) is 19.8. The van der Waals surface area contributed by atoms with E-state index in [2.05, 4.69) is 15.5 Å². The summed E-state index contributed by atoms with van der Waals surface area (Å²) in [5.74, 6) is -3.47. The number of alkyl halides is 3. The van der Waals surface area contributed by atoms with Crippen molar-refractivity contribution >= 4 is 34.5 Å². The molecule has 2 aromatic carbocycles. The van der Waals surface area contributed by atoms with Crippen LogP contribution in [0.1, 0.15) is 48.2 Å². The molecule has 1 aliphatic carbocycles. The second kappa shape index (κ2) is 11.3. The number of benzene rings is 2. The number of nitrogens with one attached hydrogen (secondary N) is 1. The van der Waals surface area contributed by atoms with Gasteiger partial charge < -0.3 is 15.6 Å². The molecule has 1 aliphatic rings. The van der Waals surface area contributed by atoms with E-state index in [0.29, 0.717) is 19.0 Å². The van der Waals surface area contributed by atoms with E-state index < -0.39 is 57.7 Å². The first kappa shape index (κ1) is 27.3. The van der Waals surface area contributed by atoms with E-state index >= 15 is 0 Å². The maximum Gasteiger partial charge on any atom is 0.434 e. The van der Waals surface area contributed by atoms with E-state index in [9.17, 15) is 26.7 Å². The maximum absolute atomic E-state index is 14.8. The van der Waals surface area contributed by atoms with Crippen LogP contribution < -0.4 is 11.1 Å². The fourth-order valence-corrected chi connectivity index (χ4v) is 4.54. The predicted molar refractivity (Wildman–Crippen MR) is 133 cm³/mol. The molecule has 3 N–H and O–H groups in total. The van der Waals surface area contributed by atoms with Crippen molar-refractivity contribution in [2.24, 2.45) is 10.7 Å². The number of halogens is 6. The molecule has 1 heterocycles. The Labute approximate surface area is 219 Å². The molecule has 6 nitrogen and oxygen atoms in total. The first-order valence-corrected chi connectivity index (χ1v) is 12.1. The molecule has 1 aromatic heterocycles. The van der Waals surface area contributed by atoms with Crippen molar-refractivity contribution in [2.45, 2.75) is 44.3 Å². The number of para-hydroxylation sites is 1. The molecular formula is C26H22ClF5N4O2. The standard InChI is InChI=1S/C26H22ClF5N4O2/c27-16-9-6-11-18(29)20(16)22-21(25(37)34-14-7-2-1-3-8-14)23(38-36-22)15(13-33)24(26(30,31)32)35-19-12-5-4-10-17(19)28/h4-6,9-14H,1-3,7-8,33H2,(H,34,37). The van der Waals surface area contributed by atoms with Gasteiger partial charge >= 0.3 is 6.18 Å². The number of carbonyl (C=O) groups excluding carboxylic acids is 1. The average molecular weight is 553 g/mol. The summed E-state index contributed by atoms with van der Waals surface area (Å²) in [6.45, 7) is 0. The second-order valence-electron chi connectivity index (χ2n) is 8.63. The van der Waals surface area contributed by atoms with Crippen LogP contribution in [0.25, 0.3) is 16.8 Å². The highest BCUT2D eigenvalue weighted by Gasteiger charge is 2.42. The predicted octanol–water partition coefficient (Wildman–Crippen LogP) is 6.97. The summed E-state index contributed by atoms with van der Waals surface area (Å²) in [5.41, 5.74) is 1.19. The normalized spacial score (nSPS) is 15.5. The zero-order valence-corrected chi connectivity index (χ0v) is 20.5. The van der Waals surface area contributed by atoms with Crippen molar-refractivity contribution < 1.29 is 31.3 Å². The number of aromatic nitrogens is 1. The molecule has 0 unspecified atom stereocenters. The summed E-state index contributed by atoms with van der Waals surface area (Å²) in [4.78, 5) is 16.9.